The van der Waals surface area contributed by atoms with Crippen molar-refractivity contribution in [1.82, 2.24) is 14.2 Å². The summed E-state index contributed by atoms with van der Waals surface area (Å²) in [4.78, 5) is 33.9. The summed E-state index contributed by atoms with van der Waals surface area (Å²) in [6.45, 7) is 7.23. The van der Waals surface area contributed by atoms with Gasteiger partial charge in [-0.05, 0) is 67.8 Å². The number of amides is 2. The van der Waals surface area contributed by atoms with Crippen LogP contribution < -0.4 is 4.90 Å². The van der Waals surface area contributed by atoms with Gasteiger partial charge in [0.1, 0.15) is 0 Å². The van der Waals surface area contributed by atoms with Crippen LogP contribution in [0.3, 0.4) is 0 Å². The monoisotopic (exact) mass is 592 g/mol. The lowest BCUT2D eigenvalue weighted by Gasteiger charge is -2.33. The highest BCUT2D eigenvalue weighted by Gasteiger charge is 2.31. The molecule has 1 aliphatic rings. The number of rotatable bonds is 7. The Bertz CT molecular complexity index is 1660. The first kappa shape index (κ1) is 28.7. The zero-order valence-electron chi connectivity index (χ0n) is 23.2. The number of hydrogen-bond acceptors (Lipinski definition) is 7. The van der Waals surface area contributed by atoms with Gasteiger partial charge in [-0.25, -0.2) is 18.2 Å². The van der Waals surface area contributed by atoms with E-state index in [2.05, 4.69) is 6.07 Å². The smallest absolute Gasteiger partial charge is 0.409 e. The third-order valence-electron chi connectivity index (χ3n) is 7.24. The number of fused-ring (bicyclic) bond motifs is 1. The lowest BCUT2D eigenvalue weighted by atomic mass is 10.1. The summed E-state index contributed by atoms with van der Waals surface area (Å²) in [6, 6.07) is 19.8. The van der Waals surface area contributed by atoms with E-state index in [4.69, 9.17) is 9.72 Å². The summed E-state index contributed by atoms with van der Waals surface area (Å²) in [6.07, 6.45) is -0.439. The number of carbonyl (C=O) groups excluding carboxylic acids is 2. The van der Waals surface area contributed by atoms with E-state index < -0.39 is 16.1 Å². The normalized spacial score (nSPS) is 14.3. The highest BCUT2D eigenvalue weighted by atomic mass is 32.2. The Hall–Kier alpha value is -3.80. The van der Waals surface area contributed by atoms with Gasteiger partial charge in [-0.15, -0.1) is 0 Å². The Labute approximate surface area is 244 Å². The Kier molecular flexibility index (Phi) is 8.39. The fraction of sp³-hybridized carbons (Fsp3) is 0.300. The molecule has 0 atom stereocenters. The minimum absolute atomic E-state index is 0.0966. The van der Waals surface area contributed by atoms with Crippen molar-refractivity contribution in [2.75, 3.05) is 37.7 Å². The van der Waals surface area contributed by atoms with E-state index in [9.17, 15) is 18.0 Å². The van der Waals surface area contributed by atoms with E-state index in [0.717, 1.165) is 26.9 Å². The second-order valence-electron chi connectivity index (χ2n) is 9.84. The number of aromatic nitrogens is 1. The van der Waals surface area contributed by atoms with Crippen molar-refractivity contribution in [1.29, 1.82) is 0 Å². The number of anilines is 1. The maximum Gasteiger partial charge on any atom is 0.409 e. The third-order valence-corrected chi connectivity index (χ3v) is 10.2. The number of aryl methyl sites for hydroxylation is 2. The van der Waals surface area contributed by atoms with Crippen molar-refractivity contribution in [3.63, 3.8) is 0 Å². The highest BCUT2D eigenvalue weighted by Crippen LogP contribution is 2.33. The summed E-state index contributed by atoms with van der Waals surface area (Å²) in [5.41, 5.74) is 4.40. The number of hydrogen-bond donors (Lipinski definition) is 0. The molecule has 9 nitrogen and oxygen atoms in total. The lowest BCUT2D eigenvalue weighted by molar-refractivity contribution is 0.0933. The number of thiazole rings is 1. The van der Waals surface area contributed by atoms with E-state index in [1.54, 1.807) is 24.0 Å². The molecule has 1 aromatic heterocycles. The Morgan fingerprint density at radius 3 is 2.29 bits per heavy atom. The Morgan fingerprint density at radius 1 is 0.951 bits per heavy atom. The van der Waals surface area contributed by atoms with Crippen molar-refractivity contribution in [2.24, 2.45) is 0 Å². The first-order valence-corrected chi connectivity index (χ1v) is 15.7. The largest absolute Gasteiger partial charge is 0.450 e. The molecule has 1 fully saturated rings. The van der Waals surface area contributed by atoms with Crippen molar-refractivity contribution in [3.8, 4) is 0 Å². The van der Waals surface area contributed by atoms with Crippen LogP contribution in [-0.2, 0) is 21.3 Å². The molecule has 1 aliphatic heterocycles. The quantitative estimate of drug-likeness (QED) is 0.292. The molecule has 41 heavy (non-hydrogen) atoms. The maximum absolute atomic E-state index is 13.9. The number of benzene rings is 3. The van der Waals surface area contributed by atoms with E-state index in [-0.39, 0.29) is 43.6 Å². The van der Waals surface area contributed by atoms with E-state index >= 15 is 0 Å². The van der Waals surface area contributed by atoms with Crippen LogP contribution in [-0.4, -0.2) is 67.4 Å². The summed E-state index contributed by atoms with van der Waals surface area (Å²) < 4.78 is 34.0. The molecule has 0 bridgehead atoms. The molecule has 3 aromatic carbocycles. The molecular weight excluding hydrogens is 560 g/mol. The van der Waals surface area contributed by atoms with Crippen LogP contribution in [0.5, 0.6) is 0 Å². The maximum atomic E-state index is 13.9. The van der Waals surface area contributed by atoms with Crippen LogP contribution in [0.15, 0.2) is 71.6 Å². The van der Waals surface area contributed by atoms with Crippen molar-refractivity contribution in [3.05, 3.63) is 89.0 Å². The molecule has 11 heteroatoms. The molecule has 0 unspecified atom stereocenters. The topological polar surface area (TPSA) is 100 Å². The summed E-state index contributed by atoms with van der Waals surface area (Å²) in [5, 5.41) is 0.582. The van der Waals surface area contributed by atoms with Gasteiger partial charge in [-0.2, -0.15) is 4.31 Å². The predicted octanol–water partition coefficient (Wildman–Crippen LogP) is 5.22. The number of carbonyl (C=O) groups is 2. The SMILES string of the molecule is CCOC(=O)N1CCN(S(=O)(=O)c2ccc(C(=O)N(Cc3ccccc3)c3nc4c(C)c(C)ccc4s3)cc2)CC1. The highest BCUT2D eigenvalue weighted by molar-refractivity contribution is 7.89. The van der Waals surface area contributed by atoms with Gasteiger partial charge < -0.3 is 9.64 Å². The molecule has 4 aromatic rings. The third kappa shape index (κ3) is 5.97. The number of sulfonamides is 1. The minimum atomic E-state index is -3.79. The van der Waals surface area contributed by atoms with Gasteiger partial charge in [0.2, 0.25) is 10.0 Å². The van der Waals surface area contributed by atoms with E-state index in [1.807, 2.05) is 50.2 Å². The first-order chi connectivity index (χ1) is 19.7. The van der Waals surface area contributed by atoms with Crippen LogP contribution in [0.2, 0.25) is 0 Å². The van der Waals surface area contributed by atoms with E-state index in [1.165, 1.54) is 32.7 Å². The number of ether oxygens (including phenoxy) is 1. The van der Waals surface area contributed by atoms with Crippen LogP contribution in [0.4, 0.5) is 9.93 Å². The van der Waals surface area contributed by atoms with Crippen molar-refractivity contribution in [2.45, 2.75) is 32.2 Å². The molecule has 0 aliphatic carbocycles. The summed E-state index contributed by atoms with van der Waals surface area (Å²) in [5.74, 6) is -0.269. The zero-order chi connectivity index (χ0) is 29.1. The van der Waals surface area contributed by atoms with Crippen LogP contribution in [0.1, 0.15) is 34.0 Å². The molecule has 2 heterocycles. The van der Waals surface area contributed by atoms with Gasteiger partial charge in [0.15, 0.2) is 5.13 Å². The van der Waals surface area contributed by atoms with Gasteiger partial charge in [0.05, 0.1) is 28.3 Å². The van der Waals surface area contributed by atoms with Gasteiger partial charge in [-0.1, -0.05) is 47.7 Å². The molecule has 5 rings (SSSR count). The molecule has 214 valence electrons. The second kappa shape index (κ2) is 12.0. The van der Waals surface area contributed by atoms with Crippen LogP contribution in [0.25, 0.3) is 10.2 Å². The lowest BCUT2D eigenvalue weighted by Crippen LogP contribution is -2.50. The van der Waals surface area contributed by atoms with E-state index in [0.29, 0.717) is 17.2 Å². The average Bonchev–Trinajstić information content (AvgIpc) is 3.43. The first-order valence-electron chi connectivity index (χ1n) is 13.4. The van der Waals surface area contributed by atoms with Gasteiger partial charge >= 0.3 is 6.09 Å². The fourth-order valence-electron chi connectivity index (χ4n) is 4.72. The van der Waals surface area contributed by atoms with Crippen LogP contribution >= 0.6 is 11.3 Å². The predicted molar refractivity (Wildman–Crippen MR) is 160 cm³/mol. The van der Waals surface area contributed by atoms with Crippen molar-refractivity contribution >= 4 is 48.7 Å². The molecule has 0 radical (unpaired) electrons. The Morgan fingerprint density at radius 2 is 1.63 bits per heavy atom. The molecule has 0 saturated carbocycles. The van der Waals surface area contributed by atoms with Gasteiger partial charge in [0, 0.05) is 31.7 Å². The van der Waals surface area contributed by atoms with Gasteiger partial charge in [-0.3, -0.25) is 9.69 Å². The number of piperazine rings is 1. The molecule has 2 amide bonds. The summed E-state index contributed by atoms with van der Waals surface area (Å²) >= 11 is 1.46. The van der Waals surface area contributed by atoms with Crippen LogP contribution in [0, 0.1) is 13.8 Å². The zero-order valence-corrected chi connectivity index (χ0v) is 24.9. The Balaban J connectivity index is 1.39. The number of nitrogens with zero attached hydrogens (tertiary/aromatic N) is 4. The molecule has 1 saturated heterocycles. The van der Waals surface area contributed by atoms with Gasteiger partial charge in [0.25, 0.3) is 5.91 Å². The molecular formula is C30H32N4O5S2. The fourth-order valence-corrected chi connectivity index (χ4v) is 7.17. The van der Waals surface area contributed by atoms with Crippen molar-refractivity contribution < 1.29 is 22.7 Å². The molecule has 0 spiro atoms. The second-order valence-corrected chi connectivity index (χ2v) is 12.8. The molecule has 0 N–H and O–H groups in total. The summed E-state index contributed by atoms with van der Waals surface area (Å²) in [7, 11) is -3.79. The minimum Gasteiger partial charge on any atom is -0.450 e. The standard InChI is InChI=1S/C30H32N4O5S2/c1-4-39-30(36)32-16-18-33(19-17-32)41(37,38)25-13-11-24(12-14-25)28(35)34(20-23-8-6-5-7-9-23)29-31-27-22(3)21(2)10-15-26(27)40-29/h5-15H,4,16-20H2,1-3H3. The average molecular weight is 593 g/mol.